The summed E-state index contributed by atoms with van der Waals surface area (Å²) >= 11 is 1.46. The third kappa shape index (κ3) is 3.14. The molecule has 0 saturated carbocycles. The predicted molar refractivity (Wildman–Crippen MR) is 88.3 cm³/mol. The molecule has 1 aliphatic heterocycles. The van der Waals surface area contributed by atoms with Crippen LogP contribution in [0.2, 0.25) is 0 Å². The molecule has 0 bridgehead atoms. The number of benzene rings is 1. The number of hydrogen-bond donors (Lipinski definition) is 1. The zero-order valence-corrected chi connectivity index (χ0v) is 14.0. The average molecular weight is 349 g/mol. The molecule has 3 rings (SSSR count). The van der Waals surface area contributed by atoms with Gasteiger partial charge in [0.05, 0.1) is 17.3 Å². The molecule has 0 aliphatic carbocycles. The molecule has 126 valence electrons. The Bertz CT molecular complexity index is 793. The van der Waals surface area contributed by atoms with Gasteiger partial charge >= 0.3 is 0 Å². The normalized spacial score (nSPS) is 17.1. The predicted octanol–water partition coefficient (Wildman–Crippen LogP) is 2.58. The van der Waals surface area contributed by atoms with E-state index < -0.39 is 17.8 Å². The van der Waals surface area contributed by atoms with Gasteiger partial charge in [-0.15, -0.1) is 11.8 Å². The van der Waals surface area contributed by atoms with E-state index in [-0.39, 0.29) is 17.4 Å². The van der Waals surface area contributed by atoms with Crippen LogP contribution in [0.25, 0.3) is 0 Å². The lowest BCUT2D eigenvalue weighted by Gasteiger charge is -2.22. The Morgan fingerprint density at radius 1 is 1.38 bits per heavy atom. The molecule has 1 atom stereocenters. The molecule has 0 spiro atoms. The molecule has 24 heavy (non-hydrogen) atoms. The Morgan fingerprint density at radius 3 is 2.79 bits per heavy atom. The summed E-state index contributed by atoms with van der Waals surface area (Å²) in [6, 6.07) is 5.23. The molecule has 1 aromatic carbocycles. The third-order valence-corrected chi connectivity index (χ3v) is 4.69. The number of halogens is 1. The van der Waals surface area contributed by atoms with Crippen molar-refractivity contribution in [1.82, 2.24) is 9.88 Å². The summed E-state index contributed by atoms with van der Waals surface area (Å²) in [6.45, 7) is 3.34. The van der Waals surface area contributed by atoms with E-state index in [1.165, 1.54) is 28.8 Å². The van der Waals surface area contributed by atoms with E-state index in [9.17, 15) is 14.0 Å². The second-order valence-electron chi connectivity index (χ2n) is 5.41. The highest BCUT2D eigenvalue weighted by Gasteiger charge is 2.37. The number of rotatable bonds is 3. The number of hydrogen-bond acceptors (Lipinski definition) is 5. The number of nitrogens with zero attached hydrogens (tertiary/aromatic N) is 2. The van der Waals surface area contributed by atoms with E-state index in [2.05, 4.69) is 10.3 Å². The molecule has 6 nitrogen and oxygen atoms in total. The van der Waals surface area contributed by atoms with Gasteiger partial charge in [-0.3, -0.25) is 9.59 Å². The molecule has 0 unspecified atom stereocenters. The first-order chi connectivity index (χ1) is 11.5. The maximum atomic E-state index is 13.7. The van der Waals surface area contributed by atoms with Crippen molar-refractivity contribution in [1.29, 1.82) is 0 Å². The molecule has 1 aliphatic rings. The third-order valence-electron chi connectivity index (χ3n) is 3.68. The first kappa shape index (κ1) is 16.5. The first-order valence-electron chi connectivity index (χ1n) is 7.35. The van der Waals surface area contributed by atoms with Crippen molar-refractivity contribution in [2.45, 2.75) is 19.9 Å². The van der Waals surface area contributed by atoms with Gasteiger partial charge in [0.1, 0.15) is 11.9 Å². The highest BCUT2D eigenvalue weighted by molar-refractivity contribution is 7.99. The van der Waals surface area contributed by atoms with Gasteiger partial charge in [-0.1, -0.05) is 12.1 Å². The summed E-state index contributed by atoms with van der Waals surface area (Å²) in [6.07, 6.45) is 0. The van der Waals surface area contributed by atoms with Crippen LogP contribution < -0.4 is 5.32 Å². The molecular weight excluding hydrogens is 333 g/mol. The Hall–Kier alpha value is -2.35. The van der Waals surface area contributed by atoms with Crippen LogP contribution in [0, 0.1) is 19.7 Å². The first-order valence-corrected chi connectivity index (χ1v) is 8.51. The molecule has 1 N–H and O–H groups in total. The van der Waals surface area contributed by atoms with Gasteiger partial charge in [0, 0.05) is 12.7 Å². The van der Waals surface area contributed by atoms with Crippen LogP contribution in [0.4, 0.5) is 10.1 Å². The standard InChI is InChI=1S/C16H16FN3O3S/c1-9-14(23-10(2)18-9)16(22)20-8-24-7-13(20)15(21)19-12-6-4-3-5-11(12)17/h3-6,13H,7-8H2,1-2H3,(H,19,21)/t13-/m1/s1. The summed E-state index contributed by atoms with van der Waals surface area (Å²) in [5.74, 6) is 0.0231. The van der Waals surface area contributed by atoms with Gasteiger partial charge in [-0.05, 0) is 19.1 Å². The minimum Gasteiger partial charge on any atom is -0.436 e. The summed E-state index contributed by atoms with van der Waals surface area (Å²) in [5.41, 5.74) is 0.584. The SMILES string of the molecule is Cc1nc(C)c(C(=O)N2CSC[C@@H]2C(=O)Nc2ccccc2F)o1. The second-order valence-corrected chi connectivity index (χ2v) is 6.41. The van der Waals surface area contributed by atoms with Gasteiger partial charge in [-0.2, -0.15) is 0 Å². The number of aromatic nitrogens is 1. The minimum absolute atomic E-state index is 0.0958. The van der Waals surface area contributed by atoms with E-state index in [0.29, 0.717) is 23.2 Å². The van der Waals surface area contributed by atoms with Crippen LogP contribution in [-0.2, 0) is 4.79 Å². The number of para-hydroxylation sites is 1. The highest BCUT2D eigenvalue weighted by atomic mass is 32.2. The largest absolute Gasteiger partial charge is 0.436 e. The smallest absolute Gasteiger partial charge is 0.292 e. The van der Waals surface area contributed by atoms with Crippen molar-refractivity contribution in [2.75, 3.05) is 16.9 Å². The van der Waals surface area contributed by atoms with Crippen molar-refractivity contribution >= 4 is 29.3 Å². The van der Waals surface area contributed by atoms with E-state index in [0.717, 1.165) is 0 Å². The lowest BCUT2D eigenvalue weighted by Crippen LogP contribution is -2.44. The summed E-state index contributed by atoms with van der Waals surface area (Å²) in [4.78, 5) is 30.6. The van der Waals surface area contributed by atoms with Crippen LogP contribution in [0.3, 0.4) is 0 Å². The topological polar surface area (TPSA) is 75.4 Å². The molecule has 0 radical (unpaired) electrons. The molecule has 1 aromatic heterocycles. The Morgan fingerprint density at radius 2 is 2.12 bits per heavy atom. The van der Waals surface area contributed by atoms with Crippen LogP contribution in [-0.4, -0.2) is 39.4 Å². The monoisotopic (exact) mass is 349 g/mol. The number of amides is 2. The number of aryl methyl sites for hydroxylation is 2. The lowest BCUT2D eigenvalue weighted by molar-refractivity contribution is -0.119. The maximum Gasteiger partial charge on any atom is 0.292 e. The summed E-state index contributed by atoms with van der Waals surface area (Å²) < 4.78 is 19.0. The Balaban J connectivity index is 1.78. The zero-order chi connectivity index (χ0) is 17.3. The Labute approximate surface area is 142 Å². The van der Waals surface area contributed by atoms with Crippen molar-refractivity contribution in [3.05, 3.63) is 47.4 Å². The quantitative estimate of drug-likeness (QED) is 0.922. The molecular formula is C16H16FN3O3S. The minimum atomic E-state index is -0.688. The lowest BCUT2D eigenvalue weighted by atomic mass is 10.2. The molecule has 1 fully saturated rings. The zero-order valence-electron chi connectivity index (χ0n) is 13.2. The molecule has 2 amide bonds. The van der Waals surface area contributed by atoms with E-state index in [4.69, 9.17) is 4.42 Å². The van der Waals surface area contributed by atoms with Crippen molar-refractivity contribution in [3.8, 4) is 0 Å². The number of carbonyl (C=O) groups is 2. The van der Waals surface area contributed by atoms with Gasteiger partial charge < -0.3 is 14.6 Å². The summed E-state index contributed by atoms with van der Waals surface area (Å²) in [5, 5.41) is 2.54. The number of thioether (sulfide) groups is 1. The fourth-order valence-corrected chi connectivity index (χ4v) is 3.65. The van der Waals surface area contributed by atoms with Crippen LogP contribution in [0.5, 0.6) is 0 Å². The number of anilines is 1. The van der Waals surface area contributed by atoms with Crippen molar-refractivity contribution in [2.24, 2.45) is 0 Å². The summed E-state index contributed by atoms with van der Waals surface area (Å²) in [7, 11) is 0. The molecule has 8 heteroatoms. The van der Waals surface area contributed by atoms with Crippen LogP contribution >= 0.6 is 11.8 Å². The number of nitrogens with one attached hydrogen (secondary N) is 1. The number of carbonyl (C=O) groups excluding carboxylic acids is 2. The van der Waals surface area contributed by atoms with Crippen molar-refractivity contribution in [3.63, 3.8) is 0 Å². The second kappa shape index (κ2) is 6.64. The molecule has 1 saturated heterocycles. The Kier molecular flexibility index (Phi) is 4.57. The molecule has 2 heterocycles. The fourth-order valence-electron chi connectivity index (χ4n) is 2.50. The van der Waals surface area contributed by atoms with E-state index >= 15 is 0 Å². The van der Waals surface area contributed by atoms with Gasteiger partial charge in [-0.25, -0.2) is 9.37 Å². The van der Waals surface area contributed by atoms with E-state index in [1.807, 2.05) is 0 Å². The molecule has 2 aromatic rings. The fraction of sp³-hybridized carbons (Fsp3) is 0.312. The number of oxazole rings is 1. The van der Waals surface area contributed by atoms with Crippen LogP contribution in [0.1, 0.15) is 22.1 Å². The highest BCUT2D eigenvalue weighted by Crippen LogP contribution is 2.26. The van der Waals surface area contributed by atoms with E-state index in [1.54, 1.807) is 26.0 Å². The maximum absolute atomic E-state index is 13.7. The van der Waals surface area contributed by atoms with Gasteiger partial charge in [0.2, 0.25) is 11.7 Å². The van der Waals surface area contributed by atoms with Gasteiger partial charge in [0.25, 0.3) is 5.91 Å². The van der Waals surface area contributed by atoms with Crippen molar-refractivity contribution < 1.29 is 18.4 Å². The average Bonchev–Trinajstić information content (AvgIpc) is 3.15. The van der Waals surface area contributed by atoms with Crippen LogP contribution in [0.15, 0.2) is 28.7 Å². The van der Waals surface area contributed by atoms with Gasteiger partial charge in [0.15, 0.2) is 5.89 Å².